The first-order valence-corrected chi connectivity index (χ1v) is 7.11. The Morgan fingerprint density at radius 3 is 2.33 bits per heavy atom. The molecule has 0 aliphatic heterocycles. The molecule has 1 atom stereocenters. The summed E-state index contributed by atoms with van der Waals surface area (Å²) in [6.07, 6.45) is 0. The van der Waals surface area contributed by atoms with Gasteiger partial charge in [0.15, 0.2) is 11.5 Å². The maximum Gasteiger partial charge on any atom is 0.161 e. The van der Waals surface area contributed by atoms with Crippen molar-refractivity contribution in [3.8, 4) is 11.5 Å². The van der Waals surface area contributed by atoms with E-state index in [4.69, 9.17) is 9.47 Å². The fourth-order valence-corrected chi connectivity index (χ4v) is 2.35. The first kappa shape index (κ1) is 15.2. The van der Waals surface area contributed by atoms with E-state index in [1.807, 2.05) is 12.1 Å². The molecule has 0 aliphatic rings. The minimum absolute atomic E-state index is 0.185. The minimum Gasteiger partial charge on any atom is -0.493 e. The van der Waals surface area contributed by atoms with Crippen LogP contribution >= 0.6 is 0 Å². The number of hydrogen-bond acceptors (Lipinski definition) is 3. The normalized spacial score (nSPS) is 11.9. The van der Waals surface area contributed by atoms with E-state index in [0.717, 1.165) is 22.7 Å². The zero-order chi connectivity index (χ0) is 15.4. The van der Waals surface area contributed by atoms with Gasteiger partial charge in [0.05, 0.1) is 14.2 Å². The third-order valence-electron chi connectivity index (χ3n) is 3.88. The third kappa shape index (κ3) is 3.30. The summed E-state index contributed by atoms with van der Waals surface area (Å²) < 4.78 is 10.6. The summed E-state index contributed by atoms with van der Waals surface area (Å²) in [6.45, 7) is 6.41. The minimum atomic E-state index is 0.185. The van der Waals surface area contributed by atoms with Gasteiger partial charge in [0, 0.05) is 11.7 Å². The van der Waals surface area contributed by atoms with Crippen molar-refractivity contribution in [1.29, 1.82) is 0 Å². The number of rotatable bonds is 5. The predicted octanol–water partition coefficient (Wildman–Crippen LogP) is 4.49. The van der Waals surface area contributed by atoms with Crippen LogP contribution in [-0.4, -0.2) is 14.2 Å². The Kier molecular flexibility index (Phi) is 4.73. The van der Waals surface area contributed by atoms with Gasteiger partial charge in [-0.2, -0.15) is 0 Å². The van der Waals surface area contributed by atoms with E-state index in [1.54, 1.807) is 14.2 Å². The molecule has 0 amide bonds. The van der Waals surface area contributed by atoms with Gasteiger partial charge in [0.25, 0.3) is 0 Å². The lowest BCUT2D eigenvalue weighted by atomic mass is 10.0. The maximum absolute atomic E-state index is 5.37. The highest BCUT2D eigenvalue weighted by molar-refractivity contribution is 5.55. The highest BCUT2D eigenvalue weighted by atomic mass is 16.5. The zero-order valence-electron chi connectivity index (χ0n) is 13.4. The number of ether oxygens (including phenoxy) is 2. The topological polar surface area (TPSA) is 30.5 Å². The second-order valence-corrected chi connectivity index (χ2v) is 5.23. The Bertz CT molecular complexity index is 623. The van der Waals surface area contributed by atoms with E-state index in [9.17, 15) is 0 Å². The van der Waals surface area contributed by atoms with Crippen LogP contribution in [0.15, 0.2) is 36.4 Å². The quantitative estimate of drug-likeness (QED) is 0.877. The highest BCUT2D eigenvalue weighted by Gasteiger charge is 2.11. The first-order chi connectivity index (χ1) is 10.1. The molecule has 1 unspecified atom stereocenters. The molecule has 112 valence electrons. The van der Waals surface area contributed by atoms with Gasteiger partial charge in [-0.1, -0.05) is 18.2 Å². The van der Waals surface area contributed by atoms with Crippen LogP contribution in [0.25, 0.3) is 0 Å². The fourth-order valence-electron chi connectivity index (χ4n) is 2.35. The van der Waals surface area contributed by atoms with Crippen LogP contribution in [0.2, 0.25) is 0 Å². The van der Waals surface area contributed by atoms with Crippen LogP contribution in [0.4, 0.5) is 5.69 Å². The summed E-state index contributed by atoms with van der Waals surface area (Å²) in [6, 6.07) is 12.5. The van der Waals surface area contributed by atoms with Gasteiger partial charge in [-0.15, -0.1) is 0 Å². The van der Waals surface area contributed by atoms with Gasteiger partial charge in [-0.05, 0) is 55.7 Å². The summed E-state index contributed by atoms with van der Waals surface area (Å²) in [5.41, 5.74) is 4.90. The fraction of sp³-hybridized carbons (Fsp3) is 0.333. The van der Waals surface area contributed by atoms with Crippen LogP contribution < -0.4 is 14.8 Å². The van der Waals surface area contributed by atoms with E-state index in [1.165, 1.54) is 11.1 Å². The second-order valence-electron chi connectivity index (χ2n) is 5.23. The van der Waals surface area contributed by atoms with Gasteiger partial charge < -0.3 is 14.8 Å². The van der Waals surface area contributed by atoms with Crippen molar-refractivity contribution in [3.05, 3.63) is 53.1 Å². The van der Waals surface area contributed by atoms with Crippen molar-refractivity contribution in [2.24, 2.45) is 0 Å². The Balaban J connectivity index is 2.24. The largest absolute Gasteiger partial charge is 0.493 e. The van der Waals surface area contributed by atoms with E-state index in [-0.39, 0.29) is 6.04 Å². The van der Waals surface area contributed by atoms with Crippen LogP contribution in [0.5, 0.6) is 11.5 Å². The monoisotopic (exact) mass is 285 g/mol. The van der Waals surface area contributed by atoms with Crippen LogP contribution in [0.1, 0.15) is 29.7 Å². The molecule has 0 aliphatic carbocycles. The summed E-state index contributed by atoms with van der Waals surface area (Å²) in [7, 11) is 3.31. The van der Waals surface area contributed by atoms with Crippen molar-refractivity contribution >= 4 is 5.69 Å². The van der Waals surface area contributed by atoms with Crippen molar-refractivity contribution in [2.45, 2.75) is 26.8 Å². The molecule has 2 aromatic carbocycles. The smallest absolute Gasteiger partial charge is 0.161 e. The molecular formula is C18H23NO2. The molecule has 0 radical (unpaired) electrons. The van der Waals surface area contributed by atoms with Gasteiger partial charge >= 0.3 is 0 Å². The van der Waals surface area contributed by atoms with Crippen LogP contribution in [0.3, 0.4) is 0 Å². The SMILES string of the molecule is COc1ccc(C(C)Nc2cccc(C)c2C)cc1OC. The van der Waals surface area contributed by atoms with Crippen molar-refractivity contribution < 1.29 is 9.47 Å². The molecule has 2 aromatic rings. The molecular weight excluding hydrogens is 262 g/mol. The van der Waals surface area contributed by atoms with E-state index in [2.05, 4.69) is 50.4 Å². The zero-order valence-corrected chi connectivity index (χ0v) is 13.4. The number of anilines is 1. The Morgan fingerprint density at radius 1 is 0.952 bits per heavy atom. The molecule has 0 saturated carbocycles. The van der Waals surface area contributed by atoms with Crippen LogP contribution in [0, 0.1) is 13.8 Å². The molecule has 0 heterocycles. The number of nitrogens with one attached hydrogen (secondary N) is 1. The van der Waals surface area contributed by atoms with Gasteiger partial charge in [0.2, 0.25) is 0 Å². The molecule has 1 N–H and O–H groups in total. The molecule has 0 aromatic heterocycles. The molecule has 3 heteroatoms. The maximum atomic E-state index is 5.37. The Labute approximate surface area is 126 Å². The highest BCUT2D eigenvalue weighted by Crippen LogP contribution is 2.31. The number of benzene rings is 2. The predicted molar refractivity (Wildman–Crippen MR) is 87.5 cm³/mol. The summed E-state index contributed by atoms with van der Waals surface area (Å²) in [5, 5.41) is 3.56. The lowest BCUT2D eigenvalue weighted by Gasteiger charge is -2.19. The molecule has 0 fully saturated rings. The van der Waals surface area contributed by atoms with Crippen LogP contribution in [-0.2, 0) is 0 Å². The van der Waals surface area contributed by atoms with E-state index in [0.29, 0.717) is 0 Å². The Morgan fingerprint density at radius 2 is 1.67 bits per heavy atom. The number of hydrogen-bond donors (Lipinski definition) is 1. The Hall–Kier alpha value is -2.16. The third-order valence-corrected chi connectivity index (χ3v) is 3.88. The molecule has 0 spiro atoms. The summed E-state index contributed by atoms with van der Waals surface area (Å²) >= 11 is 0. The average molecular weight is 285 g/mol. The van der Waals surface area contributed by atoms with Gasteiger partial charge in [0.1, 0.15) is 0 Å². The molecule has 0 saturated heterocycles. The first-order valence-electron chi connectivity index (χ1n) is 7.11. The second kappa shape index (κ2) is 6.53. The van der Waals surface area contributed by atoms with Crippen molar-refractivity contribution in [2.75, 3.05) is 19.5 Å². The van der Waals surface area contributed by atoms with E-state index < -0.39 is 0 Å². The molecule has 3 nitrogen and oxygen atoms in total. The van der Waals surface area contributed by atoms with Crippen molar-refractivity contribution in [1.82, 2.24) is 0 Å². The molecule has 2 rings (SSSR count). The lowest BCUT2D eigenvalue weighted by molar-refractivity contribution is 0.354. The summed E-state index contributed by atoms with van der Waals surface area (Å²) in [4.78, 5) is 0. The standard InChI is InChI=1S/C18H23NO2/c1-12-7-6-8-16(13(12)2)19-14(3)15-9-10-17(20-4)18(11-15)21-5/h6-11,14,19H,1-5H3. The van der Waals surface area contributed by atoms with Gasteiger partial charge in [-0.25, -0.2) is 0 Å². The number of aryl methyl sites for hydroxylation is 1. The average Bonchev–Trinajstić information content (AvgIpc) is 2.51. The number of methoxy groups -OCH3 is 2. The van der Waals surface area contributed by atoms with Gasteiger partial charge in [-0.3, -0.25) is 0 Å². The van der Waals surface area contributed by atoms with E-state index >= 15 is 0 Å². The molecule has 0 bridgehead atoms. The molecule has 21 heavy (non-hydrogen) atoms. The summed E-state index contributed by atoms with van der Waals surface area (Å²) in [5.74, 6) is 1.50. The van der Waals surface area contributed by atoms with Crippen molar-refractivity contribution in [3.63, 3.8) is 0 Å². The lowest BCUT2D eigenvalue weighted by Crippen LogP contribution is -2.08.